The highest BCUT2D eigenvalue weighted by molar-refractivity contribution is 7.93. The molecule has 0 atom stereocenters. The summed E-state index contributed by atoms with van der Waals surface area (Å²) in [6.45, 7) is 0. The third-order valence-electron chi connectivity index (χ3n) is 1.09. The average molecular weight is 151 g/mol. The summed E-state index contributed by atoms with van der Waals surface area (Å²) < 4.78 is 8.53. The molecular formula is C7H5NOS. The molecule has 0 aliphatic carbocycles. The molecule has 0 fully saturated rings. The molecule has 10 heavy (non-hydrogen) atoms. The van der Waals surface area contributed by atoms with Gasteiger partial charge in [0, 0.05) is 16.9 Å². The van der Waals surface area contributed by atoms with Crippen LogP contribution in [0.1, 0.15) is 5.56 Å². The van der Waals surface area contributed by atoms with Crippen molar-refractivity contribution in [2.75, 3.05) is 0 Å². The molecule has 0 heterocycles. The van der Waals surface area contributed by atoms with E-state index in [2.05, 4.69) is 0 Å². The van der Waals surface area contributed by atoms with E-state index in [1.807, 2.05) is 6.07 Å². The van der Waals surface area contributed by atoms with Crippen LogP contribution in [0.15, 0.2) is 29.2 Å². The Morgan fingerprint density at radius 3 is 2.30 bits per heavy atom. The van der Waals surface area contributed by atoms with Crippen molar-refractivity contribution < 1.29 is 4.55 Å². The van der Waals surface area contributed by atoms with Gasteiger partial charge in [-0.3, -0.25) is 0 Å². The van der Waals surface area contributed by atoms with E-state index in [4.69, 9.17) is 9.81 Å². The lowest BCUT2D eigenvalue weighted by atomic mass is 10.2. The van der Waals surface area contributed by atoms with E-state index in [0.717, 1.165) is 4.90 Å². The maximum Gasteiger partial charge on any atom is 0.0991 e. The normalized spacial score (nSPS) is 8.80. The van der Waals surface area contributed by atoms with Crippen molar-refractivity contribution in [3.05, 3.63) is 29.8 Å². The van der Waals surface area contributed by atoms with Crippen LogP contribution in [-0.4, -0.2) is 4.55 Å². The molecule has 0 aliphatic heterocycles. The quantitative estimate of drug-likeness (QED) is 0.625. The van der Waals surface area contributed by atoms with E-state index in [1.54, 1.807) is 24.3 Å². The fourth-order valence-electron chi connectivity index (χ4n) is 0.590. The molecule has 2 nitrogen and oxygen atoms in total. The van der Waals surface area contributed by atoms with Crippen LogP contribution in [0.5, 0.6) is 0 Å². The fraction of sp³-hybridized carbons (Fsp3) is 0. The van der Waals surface area contributed by atoms with E-state index in [1.165, 1.54) is 0 Å². The Kier molecular flexibility index (Phi) is 2.32. The van der Waals surface area contributed by atoms with Crippen LogP contribution in [0.25, 0.3) is 0 Å². The van der Waals surface area contributed by atoms with E-state index >= 15 is 0 Å². The molecule has 0 aromatic heterocycles. The van der Waals surface area contributed by atoms with Gasteiger partial charge in [-0.15, -0.1) is 0 Å². The van der Waals surface area contributed by atoms with Gasteiger partial charge in [0.05, 0.1) is 11.6 Å². The minimum Gasteiger partial charge on any atom is -0.325 e. The molecule has 0 radical (unpaired) electrons. The number of nitrogens with zero attached hydrogens (tertiary/aromatic N) is 1. The van der Waals surface area contributed by atoms with Crippen molar-refractivity contribution in [3.8, 4) is 6.07 Å². The molecular weight excluding hydrogens is 146 g/mol. The van der Waals surface area contributed by atoms with Gasteiger partial charge in [-0.1, -0.05) is 0 Å². The van der Waals surface area contributed by atoms with Crippen molar-refractivity contribution in [1.82, 2.24) is 0 Å². The molecule has 1 aromatic carbocycles. The molecule has 3 heteroatoms. The molecule has 0 bridgehead atoms. The number of hydrogen-bond acceptors (Lipinski definition) is 3. The van der Waals surface area contributed by atoms with Gasteiger partial charge in [0.25, 0.3) is 0 Å². The number of rotatable bonds is 1. The lowest BCUT2D eigenvalue weighted by molar-refractivity contribution is 0.664. The first kappa shape index (κ1) is 7.13. The molecule has 0 unspecified atom stereocenters. The zero-order valence-electron chi connectivity index (χ0n) is 5.11. The van der Waals surface area contributed by atoms with E-state index in [0.29, 0.717) is 17.6 Å². The highest BCUT2D eigenvalue weighted by Crippen LogP contribution is 2.13. The number of hydrogen-bond donors (Lipinski definition) is 1. The monoisotopic (exact) mass is 151 g/mol. The molecule has 1 rings (SSSR count). The molecule has 1 N–H and O–H groups in total. The summed E-state index contributed by atoms with van der Waals surface area (Å²) in [6.07, 6.45) is 0. The maximum atomic E-state index is 8.53. The first-order valence-corrected chi connectivity index (χ1v) is 3.46. The van der Waals surface area contributed by atoms with Crippen LogP contribution in [0, 0.1) is 11.3 Å². The average Bonchev–Trinajstić information content (AvgIpc) is 2.05. The maximum absolute atomic E-state index is 8.53. The summed E-state index contributed by atoms with van der Waals surface area (Å²) in [5.74, 6) is 0. The second kappa shape index (κ2) is 3.25. The Labute approximate surface area is 63.3 Å². The van der Waals surface area contributed by atoms with Crippen molar-refractivity contribution in [2.24, 2.45) is 0 Å². The zero-order valence-corrected chi connectivity index (χ0v) is 5.93. The SMILES string of the molecule is N#Cc1ccc(SO)cc1. The van der Waals surface area contributed by atoms with E-state index < -0.39 is 0 Å². The van der Waals surface area contributed by atoms with Crippen molar-refractivity contribution in [1.29, 1.82) is 5.26 Å². The minimum absolute atomic E-state index is 0.609. The van der Waals surface area contributed by atoms with Crippen LogP contribution >= 0.6 is 12.0 Å². The first-order valence-electron chi connectivity index (χ1n) is 2.68. The standard InChI is InChI=1S/C7H5NOS/c8-5-6-1-3-7(10-9)4-2-6/h1-4,9H. The third-order valence-corrected chi connectivity index (χ3v) is 1.57. The van der Waals surface area contributed by atoms with Crippen molar-refractivity contribution >= 4 is 12.0 Å². The van der Waals surface area contributed by atoms with Gasteiger partial charge in [0.15, 0.2) is 0 Å². The first-order chi connectivity index (χ1) is 4.86. The van der Waals surface area contributed by atoms with Crippen molar-refractivity contribution in [2.45, 2.75) is 4.90 Å². The summed E-state index contributed by atoms with van der Waals surface area (Å²) in [7, 11) is 0. The van der Waals surface area contributed by atoms with Crippen LogP contribution in [0.4, 0.5) is 0 Å². The van der Waals surface area contributed by atoms with Gasteiger partial charge >= 0.3 is 0 Å². The summed E-state index contributed by atoms with van der Waals surface area (Å²) in [4.78, 5) is 0.749. The van der Waals surface area contributed by atoms with Gasteiger partial charge in [-0.25, -0.2) is 0 Å². The largest absolute Gasteiger partial charge is 0.325 e. The Bertz CT molecular complexity index is 249. The second-order valence-electron chi connectivity index (χ2n) is 1.73. The zero-order chi connectivity index (χ0) is 7.40. The lowest BCUT2D eigenvalue weighted by Crippen LogP contribution is -1.72. The predicted molar refractivity (Wildman–Crippen MR) is 39.6 cm³/mol. The number of benzene rings is 1. The van der Waals surface area contributed by atoms with Crippen LogP contribution < -0.4 is 0 Å². The van der Waals surface area contributed by atoms with Gasteiger partial charge < -0.3 is 4.55 Å². The van der Waals surface area contributed by atoms with E-state index in [-0.39, 0.29) is 0 Å². The molecule has 50 valence electrons. The highest BCUT2D eigenvalue weighted by atomic mass is 32.2. The predicted octanol–water partition coefficient (Wildman–Crippen LogP) is 2.12. The highest BCUT2D eigenvalue weighted by Gasteiger charge is 1.90. The molecule has 0 amide bonds. The van der Waals surface area contributed by atoms with Gasteiger partial charge in [0.2, 0.25) is 0 Å². The lowest BCUT2D eigenvalue weighted by Gasteiger charge is -1.91. The molecule has 0 aliphatic rings. The van der Waals surface area contributed by atoms with Crippen LogP contribution in [0.3, 0.4) is 0 Å². The summed E-state index contributed by atoms with van der Waals surface area (Å²) in [6, 6.07) is 8.71. The van der Waals surface area contributed by atoms with E-state index in [9.17, 15) is 0 Å². The summed E-state index contributed by atoms with van der Waals surface area (Å²) in [5.41, 5.74) is 0.609. The Morgan fingerprint density at radius 1 is 1.30 bits per heavy atom. The molecule has 0 saturated heterocycles. The molecule has 0 saturated carbocycles. The third kappa shape index (κ3) is 1.50. The summed E-state index contributed by atoms with van der Waals surface area (Å²) in [5, 5.41) is 8.38. The fourth-order valence-corrected chi connectivity index (χ4v) is 0.848. The van der Waals surface area contributed by atoms with Gasteiger partial charge in [-0.05, 0) is 24.3 Å². The van der Waals surface area contributed by atoms with Crippen LogP contribution in [-0.2, 0) is 0 Å². The molecule has 0 spiro atoms. The van der Waals surface area contributed by atoms with Crippen LogP contribution in [0.2, 0.25) is 0 Å². The van der Waals surface area contributed by atoms with Gasteiger partial charge in [0.1, 0.15) is 0 Å². The van der Waals surface area contributed by atoms with Gasteiger partial charge in [-0.2, -0.15) is 5.26 Å². The summed E-state index contributed by atoms with van der Waals surface area (Å²) >= 11 is 0.679. The Balaban J connectivity index is 2.93. The molecule has 1 aromatic rings. The van der Waals surface area contributed by atoms with Crippen molar-refractivity contribution in [3.63, 3.8) is 0 Å². The second-order valence-corrected chi connectivity index (χ2v) is 2.38. The smallest absolute Gasteiger partial charge is 0.0991 e. The number of nitriles is 1. The Morgan fingerprint density at radius 2 is 1.90 bits per heavy atom. The topological polar surface area (TPSA) is 44.0 Å². The minimum atomic E-state index is 0.609. The Hall–Kier alpha value is -0.980.